The minimum Gasteiger partial charge on any atom is -0.444 e. The number of amides is 1. The molecule has 0 saturated heterocycles. The zero-order chi connectivity index (χ0) is 13.0. The highest BCUT2D eigenvalue weighted by Crippen LogP contribution is 2.19. The molecule has 0 fully saturated rings. The van der Waals surface area contributed by atoms with Gasteiger partial charge in [0.2, 0.25) is 0 Å². The fraction of sp³-hybridized carbons (Fsp3) is 0.818. The molecule has 0 aromatic heterocycles. The predicted molar refractivity (Wildman–Crippen MR) is 66.8 cm³/mol. The maximum absolute atomic E-state index is 11.8. The first-order chi connectivity index (χ1) is 7.16. The van der Waals surface area contributed by atoms with Gasteiger partial charge in [0.15, 0.2) is 0 Å². The predicted octanol–water partition coefficient (Wildman–Crippen LogP) is 2.17. The van der Waals surface area contributed by atoms with Crippen molar-refractivity contribution in [1.82, 2.24) is 4.90 Å². The largest absolute Gasteiger partial charge is 0.444 e. The third-order valence-electron chi connectivity index (χ3n) is 2.12. The molecule has 0 aromatic rings. The normalized spacial score (nSPS) is 15.1. The minimum atomic E-state index is -0.818. The van der Waals surface area contributed by atoms with Crippen LogP contribution in [0.25, 0.3) is 0 Å². The number of likely N-dealkylation sites (N-methyl/N-ethyl adjacent to an activating group) is 1. The van der Waals surface area contributed by atoms with Crippen molar-refractivity contribution in [2.24, 2.45) is 0 Å². The standard InChI is InChI=1S/C11H21NO3S/c1-10(2,3)15-9(14)12(5)11(4,7-13)8-16-6/h7H,8H2,1-6H3. The van der Waals surface area contributed by atoms with E-state index in [1.54, 1.807) is 34.7 Å². The van der Waals surface area contributed by atoms with Gasteiger partial charge in [-0.1, -0.05) is 0 Å². The highest BCUT2D eigenvalue weighted by atomic mass is 32.2. The first-order valence-corrected chi connectivity index (χ1v) is 6.48. The summed E-state index contributed by atoms with van der Waals surface area (Å²) in [4.78, 5) is 24.2. The molecule has 0 heterocycles. The van der Waals surface area contributed by atoms with Gasteiger partial charge in [-0.25, -0.2) is 4.79 Å². The van der Waals surface area contributed by atoms with E-state index in [1.165, 1.54) is 16.7 Å². The summed E-state index contributed by atoms with van der Waals surface area (Å²) in [7, 11) is 1.58. The zero-order valence-corrected chi connectivity index (χ0v) is 11.7. The maximum Gasteiger partial charge on any atom is 0.410 e. The Hall–Kier alpha value is -0.710. The summed E-state index contributed by atoms with van der Waals surface area (Å²) < 4.78 is 5.21. The Kier molecular flexibility index (Phi) is 5.32. The van der Waals surface area contributed by atoms with Gasteiger partial charge in [0.25, 0.3) is 0 Å². The lowest BCUT2D eigenvalue weighted by Crippen LogP contribution is -2.52. The lowest BCUT2D eigenvalue weighted by molar-refractivity contribution is -0.115. The number of thioether (sulfide) groups is 1. The molecule has 0 aliphatic carbocycles. The fourth-order valence-electron chi connectivity index (χ4n) is 1.04. The van der Waals surface area contributed by atoms with Crippen molar-refractivity contribution in [3.05, 3.63) is 0 Å². The molecule has 0 N–H and O–H groups in total. The van der Waals surface area contributed by atoms with Gasteiger partial charge in [0.1, 0.15) is 17.4 Å². The van der Waals surface area contributed by atoms with E-state index in [4.69, 9.17) is 4.74 Å². The van der Waals surface area contributed by atoms with Crippen molar-refractivity contribution in [2.75, 3.05) is 19.1 Å². The Bertz CT molecular complexity index is 262. The van der Waals surface area contributed by atoms with Crippen molar-refractivity contribution in [2.45, 2.75) is 38.8 Å². The Labute approximate surface area is 102 Å². The lowest BCUT2D eigenvalue weighted by Gasteiger charge is -2.34. The fourth-order valence-corrected chi connectivity index (χ4v) is 1.89. The van der Waals surface area contributed by atoms with Gasteiger partial charge in [-0.3, -0.25) is 4.90 Å². The van der Waals surface area contributed by atoms with Crippen LogP contribution in [0.3, 0.4) is 0 Å². The van der Waals surface area contributed by atoms with Gasteiger partial charge >= 0.3 is 6.09 Å². The molecule has 0 saturated carbocycles. The summed E-state index contributed by atoms with van der Waals surface area (Å²) in [6.07, 6.45) is 2.20. The number of carbonyl (C=O) groups is 2. The third-order valence-corrected chi connectivity index (χ3v) is 3.00. The van der Waals surface area contributed by atoms with Gasteiger partial charge in [-0.2, -0.15) is 11.8 Å². The van der Waals surface area contributed by atoms with Crippen LogP contribution in [0.4, 0.5) is 4.79 Å². The SMILES string of the molecule is CSCC(C)(C=O)N(C)C(=O)OC(C)(C)C. The number of rotatable bonds is 4. The molecule has 94 valence electrons. The second-order valence-corrected chi connectivity index (χ2v) is 5.81. The molecule has 0 radical (unpaired) electrons. The van der Waals surface area contributed by atoms with E-state index in [9.17, 15) is 9.59 Å². The Morgan fingerprint density at radius 3 is 2.19 bits per heavy atom. The molecule has 1 amide bonds. The number of nitrogens with zero attached hydrogens (tertiary/aromatic N) is 1. The average molecular weight is 247 g/mol. The third kappa shape index (κ3) is 4.43. The van der Waals surface area contributed by atoms with Crippen LogP contribution >= 0.6 is 11.8 Å². The summed E-state index contributed by atoms with van der Waals surface area (Å²) in [5.41, 5.74) is -1.36. The van der Waals surface area contributed by atoms with Crippen LogP contribution in [0.1, 0.15) is 27.7 Å². The topological polar surface area (TPSA) is 46.6 Å². The average Bonchev–Trinajstić information content (AvgIpc) is 2.14. The van der Waals surface area contributed by atoms with Crippen LogP contribution in [-0.2, 0) is 9.53 Å². The number of hydrogen-bond donors (Lipinski definition) is 0. The highest BCUT2D eigenvalue weighted by molar-refractivity contribution is 7.98. The number of ether oxygens (including phenoxy) is 1. The molecular weight excluding hydrogens is 226 g/mol. The second-order valence-electron chi connectivity index (χ2n) is 4.95. The molecule has 1 unspecified atom stereocenters. The van der Waals surface area contributed by atoms with Crippen molar-refractivity contribution in [3.63, 3.8) is 0 Å². The van der Waals surface area contributed by atoms with E-state index in [1.807, 2.05) is 6.26 Å². The van der Waals surface area contributed by atoms with Gasteiger partial charge in [0, 0.05) is 12.8 Å². The van der Waals surface area contributed by atoms with Crippen molar-refractivity contribution >= 4 is 24.1 Å². The van der Waals surface area contributed by atoms with Crippen LogP contribution in [0.2, 0.25) is 0 Å². The summed E-state index contributed by atoms with van der Waals surface area (Å²) in [6.45, 7) is 7.11. The Morgan fingerprint density at radius 1 is 1.38 bits per heavy atom. The van der Waals surface area contributed by atoms with E-state index < -0.39 is 17.2 Å². The molecule has 0 rings (SSSR count). The number of carbonyl (C=O) groups excluding carboxylic acids is 2. The van der Waals surface area contributed by atoms with Crippen LogP contribution in [0.15, 0.2) is 0 Å². The first-order valence-electron chi connectivity index (χ1n) is 5.08. The second kappa shape index (κ2) is 5.57. The summed E-state index contributed by atoms with van der Waals surface area (Å²) >= 11 is 1.52. The number of hydrogen-bond acceptors (Lipinski definition) is 4. The van der Waals surface area contributed by atoms with Gasteiger partial charge in [-0.15, -0.1) is 0 Å². The molecule has 0 bridgehead atoms. The summed E-state index contributed by atoms with van der Waals surface area (Å²) in [5.74, 6) is 0.548. The zero-order valence-electron chi connectivity index (χ0n) is 10.9. The monoisotopic (exact) mass is 247 g/mol. The molecular formula is C11H21NO3S. The van der Waals surface area contributed by atoms with Crippen LogP contribution in [0, 0.1) is 0 Å². The van der Waals surface area contributed by atoms with Crippen molar-refractivity contribution < 1.29 is 14.3 Å². The van der Waals surface area contributed by atoms with E-state index in [0.717, 1.165) is 6.29 Å². The highest BCUT2D eigenvalue weighted by Gasteiger charge is 2.34. The molecule has 0 spiro atoms. The summed E-state index contributed by atoms with van der Waals surface area (Å²) in [6, 6.07) is 0. The molecule has 16 heavy (non-hydrogen) atoms. The molecule has 5 heteroatoms. The molecule has 0 aliphatic heterocycles. The minimum absolute atomic E-state index is 0.476. The van der Waals surface area contributed by atoms with Crippen LogP contribution < -0.4 is 0 Å². The maximum atomic E-state index is 11.8. The quantitative estimate of drug-likeness (QED) is 0.714. The molecule has 0 aromatic carbocycles. The lowest BCUT2D eigenvalue weighted by atomic mass is 10.1. The summed E-state index contributed by atoms with van der Waals surface area (Å²) in [5, 5.41) is 0. The van der Waals surface area contributed by atoms with E-state index in [0.29, 0.717) is 5.75 Å². The molecule has 4 nitrogen and oxygen atoms in total. The van der Waals surface area contributed by atoms with Crippen LogP contribution in [0.5, 0.6) is 0 Å². The van der Waals surface area contributed by atoms with E-state index >= 15 is 0 Å². The Morgan fingerprint density at radius 2 is 1.88 bits per heavy atom. The van der Waals surface area contributed by atoms with Crippen LogP contribution in [-0.4, -0.2) is 47.5 Å². The van der Waals surface area contributed by atoms with Gasteiger partial charge in [0.05, 0.1) is 0 Å². The molecule has 0 aliphatic rings. The molecule has 1 atom stereocenters. The van der Waals surface area contributed by atoms with Gasteiger partial charge in [-0.05, 0) is 34.0 Å². The van der Waals surface area contributed by atoms with Crippen molar-refractivity contribution in [3.8, 4) is 0 Å². The van der Waals surface area contributed by atoms with Crippen molar-refractivity contribution in [1.29, 1.82) is 0 Å². The number of aldehydes is 1. The van der Waals surface area contributed by atoms with Gasteiger partial charge < -0.3 is 9.53 Å². The Balaban J connectivity index is 4.69. The van der Waals surface area contributed by atoms with E-state index in [-0.39, 0.29) is 0 Å². The van der Waals surface area contributed by atoms with E-state index in [2.05, 4.69) is 0 Å². The first kappa shape index (κ1) is 15.3. The smallest absolute Gasteiger partial charge is 0.410 e.